The third kappa shape index (κ3) is 2.84. The normalized spacial score (nSPS) is 24.9. The monoisotopic (exact) mass is 210 g/mol. The molecule has 1 nitrogen and oxygen atoms in total. The van der Waals surface area contributed by atoms with Crippen LogP contribution in [0.3, 0.4) is 0 Å². The first kappa shape index (κ1) is 12.8. The van der Waals surface area contributed by atoms with E-state index < -0.39 is 5.60 Å². The molecule has 1 heteroatoms. The number of hydrogen-bond donors (Lipinski definition) is 1. The van der Waals surface area contributed by atoms with Gasteiger partial charge < -0.3 is 5.11 Å². The molecule has 1 aliphatic carbocycles. The summed E-state index contributed by atoms with van der Waals surface area (Å²) < 4.78 is 0. The van der Waals surface area contributed by atoms with Crippen molar-refractivity contribution < 1.29 is 5.11 Å². The second-order valence-corrected chi connectivity index (χ2v) is 5.57. The van der Waals surface area contributed by atoms with Crippen LogP contribution in [0.1, 0.15) is 52.9 Å². The van der Waals surface area contributed by atoms with E-state index in [2.05, 4.69) is 20.4 Å². The standard InChI is InChI=1S/C14H26O/c1-5-13(11(2)3)14(4,15)12-9-7-6-8-10-12/h5,11-13,15H,1,6-10H2,2-4H3. The molecule has 2 atom stereocenters. The quantitative estimate of drug-likeness (QED) is 0.700. The van der Waals surface area contributed by atoms with Crippen molar-refractivity contribution in [3.05, 3.63) is 12.7 Å². The third-order valence-electron chi connectivity index (χ3n) is 4.08. The van der Waals surface area contributed by atoms with Crippen LogP contribution in [-0.4, -0.2) is 10.7 Å². The maximum absolute atomic E-state index is 10.7. The Balaban J connectivity index is 2.73. The maximum Gasteiger partial charge on any atom is 0.0712 e. The van der Waals surface area contributed by atoms with E-state index in [0.717, 1.165) is 0 Å². The van der Waals surface area contributed by atoms with Gasteiger partial charge in [-0.3, -0.25) is 0 Å². The molecule has 0 radical (unpaired) electrons. The molecule has 15 heavy (non-hydrogen) atoms. The van der Waals surface area contributed by atoms with Crippen LogP contribution in [0.2, 0.25) is 0 Å². The average Bonchev–Trinajstić information content (AvgIpc) is 2.19. The van der Waals surface area contributed by atoms with E-state index in [1.54, 1.807) is 0 Å². The lowest BCUT2D eigenvalue weighted by Crippen LogP contribution is -2.44. The van der Waals surface area contributed by atoms with Crippen LogP contribution in [0.4, 0.5) is 0 Å². The molecular formula is C14H26O. The van der Waals surface area contributed by atoms with E-state index >= 15 is 0 Å². The first-order valence-electron chi connectivity index (χ1n) is 6.35. The molecular weight excluding hydrogens is 184 g/mol. The van der Waals surface area contributed by atoms with E-state index in [-0.39, 0.29) is 5.92 Å². The molecule has 0 bridgehead atoms. The number of aliphatic hydroxyl groups is 1. The van der Waals surface area contributed by atoms with Crippen LogP contribution < -0.4 is 0 Å². The first-order valence-corrected chi connectivity index (χ1v) is 6.35. The molecule has 1 aliphatic rings. The van der Waals surface area contributed by atoms with E-state index in [4.69, 9.17) is 0 Å². The molecule has 0 aliphatic heterocycles. The summed E-state index contributed by atoms with van der Waals surface area (Å²) in [6, 6.07) is 0. The lowest BCUT2D eigenvalue weighted by Gasteiger charge is -2.42. The van der Waals surface area contributed by atoms with Crippen LogP contribution in [0.5, 0.6) is 0 Å². The average molecular weight is 210 g/mol. The smallest absolute Gasteiger partial charge is 0.0712 e. The van der Waals surface area contributed by atoms with Gasteiger partial charge >= 0.3 is 0 Å². The van der Waals surface area contributed by atoms with Crippen LogP contribution in [-0.2, 0) is 0 Å². The molecule has 0 saturated heterocycles. The Bertz CT molecular complexity index is 199. The van der Waals surface area contributed by atoms with Crippen LogP contribution in [0.25, 0.3) is 0 Å². The summed E-state index contributed by atoms with van der Waals surface area (Å²) >= 11 is 0. The van der Waals surface area contributed by atoms with Gasteiger partial charge in [0, 0.05) is 5.92 Å². The topological polar surface area (TPSA) is 20.2 Å². The molecule has 0 amide bonds. The molecule has 0 heterocycles. The highest BCUT2D eigenvalue weighted by atomic mass is 16.3. The molecule has 0 aromatic carbocycles. The molecule has 1 saturated carbocycles. The Hall–Kier alpha value is -0.300. The lowest BCUT2D eigenvalue weighted by atomic mass is 9.68. The van der Waals surface area contributed by atoms with E-state index in [9.17, 15) is 5.11 Å². The van der Waals surface area contributed by atoms with Gasteiger partial charge in [-0.25, -0.2) is 0 Å². The Kier molecular flexibility index (Phi) is 4.39. The molecule has 1 N–H and O–H groups in total. The van der Waals surface area contributed by atoms with Gasteiger partial charge in [-0.05, 0) is 31.6 Å². The van der Waals surface area contributed by atoms with E-state index in [1.807, 2.05) is 13.0 Å². The Morgan fingerprint density at radius 3 is 2.20 bits per heavy atom. The fraction of sp³-hybridized carbons (Fsp3) is 0.857. The minimum absolute atomic E-state index is 0.223. The second kappa shape index (κ2) is 5.16. The van der Waals surface area contributed by atoms with Gasteiger partial charge in [0.25, 0.3) is 0 Å². The molecule has 0 aromatic heterocycles. The van der Waals surface area contributed by atoms with Crippen LogP contribution >= 0.6 is 0 Å². The fourth-order valence-electron chi connectivity index (χ4n) is 3.14. The van der Waals surface area contributed by atoms with Crippen molar-refractivity contribution in [1.82, 2.24) is 0 Å². The summed E-state index contributed by atoms with van der Waals surface area (Å²) in [5.74, 6) is 1.16. The molecule has 2 unspecified atom stereocenters. The summed E-state index contributed by atoms with van der Waals surface area (Å²) in [6.45, 7) is 10.2. The van der Waals surface area contributed by atoms with Crippen molar-refractivity contribution in [1.29, 1.82) is 0 Å². The highest BCUT2D eigenvalue weighted by Crippen LogP contribution is 2.39. The van der Waals surface area contributed by atoms with Crippen LogP contribution in [0, 0.1) is 17.8 Å². The SMILES string of the molecule is C=CC(C(C)C)C(C)(O)C1CCCCC1. The Labute approximate surface area is 94.6 Å². The van der Waals surface area contributed by atoms with Gasteiger partial charge in [0.2, 0.25) is 0 Å². The minimum Gasteiger partial charge on any atom is -0.389 e. The van der Waals surface area contributed by atoms with Crippen molar-refractivity contribution in [2.75, 3.05) is 0 Å². The summed E-state index contributed by atoms with van der Waals surface area (Å²) in [4.78, 5) is 0. The van der Waals surface area contributed by atoms with Crippen molar-refractivity contribution in [3.8, 4) is 0 Å². The summed E-state index contributed by atoms with van der Waals surface area (Å²) in [5, 5.41) is 10.7. The number of rotatable bonds is 4. The van der Waals surface area contributed by atoms with Crippen LogP contribution in [0.15, 0.2) is 12.7 Å². The summed E-state index contributed by atoms with van der Waals surface area (Å²) in [6.07, 6.45) is 8.21. The zero-order valence-corrected chi connectivity index (χ0v) is 10.5. The summed E-state index contributed by atoms with van der Waals surface area (Å²) in [7, 11) is 0. The molecule has 88 valence electrons. The molecule has 0 aromatic rings. The molecule has 1 rings (SSSR count). The largest absolute Gasteiger partial charge is 0.389 e. The van der Waals surface area contributed by atoms with E-state index in [0.29, 0.717) is 11.8 Å². The van der Waals surface area contributed by atoms with Crippen molar-refractivity contribution in [2.24, 2.45) is 17.8 Å². The van der Waals surface area contributed by atoms with Gasteiger partial charge in [0.1, 0.15) is 0 Å². The van der Waals surface area contributed by atoms with Gasteiger partial charge in [-0.15, -0.1) is 6.58 Å². The van der Waals surface area contributed by atoms with Gasteiger partial charge in [-0.1, -0.05) is 39.2 Å². The predicted molar refractivity (Wildman–Crippen MR) is 65.7 cm³/mol. The summed E-state index contributed by atoms with van der Waals surface area (Å²) in [5.41, 5.74) is -0.559. The van der Waals surface area contributed by atoms with Crippen molar-refractivity contribution >= 4 is 0 Å². The highest BCUT2D eigenvalue weighted by molar-refractivity contribution is 4.99. The fourth-order valence-corrected chi connectivity index (χ4v) is 3.14. The molecule has 1 fully saturated rings. The zero-order valence-electron chi connectivity index (χ0n) is 10.5. The maximum atomic E-state index is 10.7. The number of hydrogen-bond acceptors (Lipinski definition) is 1. The predicted octanol–water partition coefficient (Wildman–Crippen LogP) is 3.78. The Morgan fingerprint density at radius 1 is 1.27 bits per heavy atom. The van der Waals surface area contributed by atoms with E-state index in [1.165, 1.54) is 32.1 Å². The second-order valence-electron chi connectivity index (χ2n) is 5.57. The first-order chi connectivity index (χ1) is 7.00. The van der Waals surface area contributed by atoms with Crippen molar-refractivity contribution in [3.63, 3.8) is 0 Å². The van der Waals surface area contributed by atoms with Crippen molar-refractivity contribution in [2.45, 2.75) is 58.5 Å². The minimum atomic E-state index is -0.559. The third-order valence-corrected chi connectivity index (χ3v) is 4.08. The highest BCUT2D eigenvalue weighted by Gasteiger charge is 2.39. The van der Waals surface area contributed by atoms with Gasteiger partial charge in [0.15, 0.2) is 0 Å². The lowest BCUT2D eigenvalue weighted by molar-refractivity contribution is -0.0634. The van der Waals surface area contributed by atoms with Gasteiger partial charge in [-0.2, -0.15) is 0 Å². The van der Waals surface area contributed by atoms with Gasteiger partial charge in [0.05, 0.1) is 5.60 Å². The zero-order chi connectivity index (χ0) is 11.5. The Morgan fingerprint density at radius 2 is 1.80 bits per heavy atom. The molecule has 0 spiro atoms.